The molecule has 7 heteroatoms. The number of aliphatic hydroxyl groups excluding tert-OH is 1. The Bertz CT molecular complexity index is 323. The van der Waals surface area contributed by atoms with Crippen LogP contribution in [0.1, 0.15) is 6.92 Å². The van der Waals surface area contributed by atoms with Gasteiger partial charge in [-0.05, 0) is 6.92 Å². The highest BCUT2D eigenvalue weighted by atomic mass is 32.2. The van der Waals surface area contributed by atoms with E-state index in [1.54, 1.807) is 0 Å². The number of sulfone groups is 1. The molecule has 2 N–H and O–H groups in total. The van der Waals surface area contributed by atoms with Gasteiger partial charge in [0.25, 0.3) is 0 Å². The van der Waals surface area contributed by atoms with Gasteiger partial charge < -0.3 is 10.2 Å². The van der Waals surface area contributed by atoms with Gasteiger partial charge in [-0.2, -0.15) is 0 Å². The number of aliphatic hydroxyl groups is 1. The lowest BCUT2D eigenvalue weighted by atomic mass is 10.1. The summed E-state index contributed by atoms with van der Waals surface area (Å²) in [4.78, 5) is 12.3. The van der Waals surface area contributed by atoms with Crippen LogP contribution in [0, 0.1) is 0 Å². The van der Waals surface area contributed by atoms with Crippen LogP contribution in [-0.2, 0) is 14.6 Å². The highest BCUT2D eigenvalue weighted by molar-refractivity contribution is 7.91. The molecule has 0 aromatic heterocycles. The van der Waals surface area contributed by atoms with Gasteiger partial charge in [0.1, 0.15) is 6.04 Å². The van der Waals surface area contributed by atoms with Crippen molar-refractivity contribution in [2.45, 2.75) is 19.1 Å². The van der Waals surface area contributed by atoms with Gasteiger partial charge in [0, 0.05) is 13.1 Å². The highest BCUT2D eigenvalue weighted by Gasteiger charge is 2.34. The summed E-state index contributed by atoms with van der Waals surface area (Å²) >= 11 is 0. The maximum atomic E-state index is 11.1. The molecule has 0 radical (unpaired) electrons. The molecule has 0 amide bonds. The van der Waals surface area contributed by atoms with Crippen molar-refractivity contribution in [2.24, 2.45) is 0 Å². The maximum absolute atomic E-state index is 11.1. The summed E-state index contributed by atoms with van der Waals surface area (Å²) in [6.45, 7) is 1.73. The third kappa shape index (κ3) is 3.15. The molecule has 0 aromatic rings. The first kappa shape index (κ1) is 12.4. The van der Waals surface area contributed by atoms with Crippen molar-refractivity contribution >= 4 is 15.8 Å². The number of carboxylic acids is 1. The van der Waals surface area contributed by atoms with Crippen molar-refractivity contribution in [1.82, 2.24) is 4.90 Å². The van der Waals surface area contributed by atoms with E-state index in [-0.39, 0.29) is 24.6 Å². The molecule has 0 unspecified atom stereocenters. The Hall–Kier alpha value is -0.660. The predicted octanol–water partition coefficient (Wildman–Crippen LogP) is -1.45. The maximum Gasteiger partial charge on any atom is 0.323 e. The number of nitrogens with zero attached hydrogens (tertiary/aromatic N) is 1. The molecule has 1 rings (SSSR count). The molecule has 15 heavy (non-hydrogen) atoms. The van der Waals surface area contributed by atoms with E-state index in [9.17, 15) is 18.3 Å². The van der Waals surface area contributed by atoms with Gasteiger partial charge in [-0.15, -0.1) is 0 Å². The van der Waals surface area contributed by atoms with Crippen LogP contribution in [-0.4, -0.2) is 66.2 Å². The van der Waals surface area contributed by atoms with E-state index < -0.39 is 28.0 Å². The minimum absolute atomic E-state index is 0.0382. The minimum atomic E-state index is -3.02. The Balaban J connectivity index is 2.69. The van der Waals surface area contributed by atoms with Crippen LogP contribution in [0.15, 0.2) is 0 Å². The van der Waals surface area contributed by atoms with Crippen molar-refractivity contribution in [1.29, 1.82) is 0 Å². The predicted molar refractivity (Wildman–Crippen MR) is 53.3 cm³/mol. The van der Waals surface area contributed by atoms with Gasteiger partial charge in [-0.25, -0.2) is 8.42 Å². The van der Waals surface area contributed by atoms with Crippen molar-refractivity contribution in [3.63, 3.8) is 0 Å². The summed E-state index contributed by atoms with van der Waals surface area (Å²) < 4.78 is 22.2. The average molecular weight is 237 g/mol. The second-order valence-electron chi connectivity index (χ2n) is 3.71. The molecule has 1 saturated heterocycles. The number of aliphatic carboxylic acids is 1. The summed E-state index contributed by atoms with van der Waals surface area (Å²) in [5.74, 6) is -1.20. The van der Waals surface area contributed by atoms with Gasteiger partial charge in [0.05, 0.1) is 17.6 Å². The standard InChI is InChI=1S/C8H15NO5S/c1-6(10)7(8(11)12)9-2-4-15(13,14)5-3-9/h6-7,10H,2-5H2,1H3,(H,11,12)/t6-,7+/m0/s1. The molecule has 0 saturated carbocycles. The molecule has 6 nitrogen and oxygen atoms in total. The number of carbonyl (C=O) groups is 1. The molecule has 88 valence electrons. The Morgan fingerprint density at radius 3 is 2.13 bits per heavy atom. The quantitative estimate of drug-likeness (QED) is 0.623. The van der Waals surface area contributed by atoms with Gasteiger partial charge in [-0.1, -0.05) is 0 Å². The minimum Gasteiger partial charge on any atom is -0.480 e. The van der Waals surface area contributed by atoms with Crippen LogP contribution in [0.3, 0.4) is 0 Å². The number of hydrogen-bond acceptors (Lipinski definition) is 5. The zero-order valence-electron chi connectivity index (χ0n) is 8.46. The van der Waals surface area contributed by atoms with Gasteiger partial charge >= 0.3 is 5.97 Å². The lowest BCUT2D eigenvalue weighted by Gasteiger charge is -2.33. The SMILES string of the molecule is C[C@H](O)[C@H](C(=O)O)N1CCS(=O)(=O)CC1. The number of rotatable bonds is 3. The normalized spacial score (nSPS) is 25.7. The Labute approximate surface area is 88.4 Å². The fraction of sp³-hybridized carbons (Fsp3) is 0.875. The Morgan fingerprint density at radius 2 is 1.80 bits per heavy atom. The van der Waals surface area contributed by atoms with Crippen molar-refractivity contribution in [3.8, 4) is 0 Å². The van der Waals surface area contributed by atoms with Gasteiger partial charge in [0.2, 0.25) is 0 Å². The summed E-state index contributed by atoms with van der Waals surface area (Å²) in [6.07, 6.45) is -1.01. The summed E-state index contributed by atoms with van der Waals surface area (Å²) in [7, 11) is -3.02. The summed E-state index contributed by atoms with van der Waals surface area (Å²) in [6, 6.07) is -1.01. The zero-order chi connectivity index (χ0) is 11.6. The van der Waals surface area contributed by atoms with E-state index in [1.807, 2.05) is 0 Å². The second-order valence-corrected chi connectivity index (χ2v) is 6.02. The first-order chi connectivity index (χ1) is 6.83. The zero-order valence-corrected chi connectivity index (χ0v) is 9.27. The average Bonchev–Trinajstić information content (AvgIpc) is 2.07. The first-order valence-corrected chi connectivity index (χ1v) is 6.51. The van der Waals surface area contributed by atoms with Crippen LogP contribution in [0.5, 0.6) is 0 Å². The monoisotopic (exact) mass is 237 g/mol. The van der Waals surface area contributed by atoms with E-state index in [0.29, 0.717) is 0 Å². The topological polar surface area (TPSA) is 94.9 Å². The third-order valence-electron chi connectivity index (χ3n) is 2.48. The molecular weight excluding hydrogens is 222 g/mol. The van der Waals surface area contributed by atoms with E-state index in [0.717, 1.165) is 0 Å². The van der Waals surface area contributed by atoms with Gasteiger partial charge in [-0.3, -0.25) is 9.69 Å². The van der Waals surface area contributed by atoms with Gasteiger partial charge in [0.15, 0.2) is 9.84 Å². The molecule has 0 bridgehead atoms. The lowest BCUT2D eigenvalue weighted by molar-refractivity contribution is -0.147. The van der Waals surface area contributed by atoms with Crippen molar-refractivity contribution in [2.75, 3.05) is 24.6 Å². The smallest absolute Gasteiger partial charge is 0.323 e. The third-order valence-corrected chi connectivity index (χ3v) is 4.09. The molecule has 1 aliphatic heterocycles. The number of carboxylic acid groups (broad SMARTS) is 1. The summed E-state index contributed by atoms with van der Waals surface area (Å²) in [5, 5.41) is 18.2. The van der Waals surface area contributed by atoms with E-state index in [1.165, 1.54) is 11.8 Å². The first-order valence-electron chi connectivity index (χ1n) is 4.69. The van der Waals surface area contributed by atoms with Crippen LogP contribution in [0.4, 0.5) is 0 Å². The molecule has 1 aliphatic rings. The van der Waals surface area contributed by atoms with Crippen LogP contribution >= 0.6 is 0 Å². The molecular formula is C8H15NO5S. The van der Waals surface area contributed by atoms with Crippen LogP contribution < -0.4 is 0 Å². The molecule has 1 heterocycles. The van der Waals surface area contributed by atoms with E-state index in [2.05, 4.69) is 0 Å². The largest absolute Gasteiger partial charge is 0.480 e. The lowest BCUT2D eigenvalue weighted by Crippen LogP contribution is -2.53. The molecule has 0 spiro atoms. The van der Waals surface area contributed by atoms with Crippen LogP contribution in [0.2, 0.25) is 0 Å². The summed E-state index contributed by atoms with van der Waals surface area (Å²) in [5.41, 5.74) is 0. The number of hydrogen-bond donors (Lipinski definition) is 2. The van der Waals surface area contributed by atoms with E-state index in [4.69, 9.17) is 5.11 Å². The van der Waals surface area contributed by atoms with Crippen LogP contribution in [0.25, 0.3) is 0 Å². The fourth-order valence-corrected chi connectivity index (χ4v) is 2.90. The van der Waals surface area contributed by atoms with E-state index >= 15 is 0 Å². The second kappa shape index (κ2) is 4.46. The molecule has 0 aromatic carbocycles. The van der Waals surface area contributed by atoms with Crippen molar-refractivity contribution < 1.29 is 23.4 Å². The fourth-order valence-electron chi connectivity index (χ4n) is 1.67. The molecule has 1 fully saturated rings. The highest BCUT2D eigenvalue weighted by Crippen LogP contribution is 2.11. The molecule has 2 atom stereocenters. The van der Waals surface area contributed by atoms with Crippen molar-refractivity contribution in [3.05, 3.63) is 0 Å². The Morgan fingerprint density at radius 1 is 1.33 bits per heavy atom. The molecule has 0 aliphatic carbocycles. The Kier molecular flexibility index (Phi) is 3.69.